The van der Waals surface area contributed by atoms with Crippen LogP contribution < -0.4 is 0 Å². The third-order valence-electron chi connectivity index (χ3n) is 9.20. The first kappa shape index (κ1) is 33.7. The Morgan fingerprint density at radius 1 is 1.09 bits per heavy atom. The van der Waals surface area contributed by atoms with Crippen molar-refractivity contribution in [2.45, 2.75) is 110 Å². The Kier molecular flexibility index (Phi) is 10.6. The molecule has 0 saturated carbocycles. The summed E-state index contributed by atoms with van der Waals surface area (Å²) in [5.74, 6) is -2.27. The maximum atomic E-state index is 13.4. The number of hydrogen-bond acceptors (Lipinski definition) is 10. The number of methoxy groups -OCH3 is 1. The molecule has 11 atom stereocenters. The Bertz CT molecular complexity index is 1220. The maximum Gasteiger partial charge on any atom is 0.508 e. The predicted molar refractivity (Wildman–Crippen MR) is 160 cm³/mol. The highest BCUT2D eigenvalue weighted by atomic mass is 16.7. The van der Waals surface area contributed by atoms with Gasteiger partial charge in [-0.3, -0.25) is 0 Å². The molecule has 0 amide bonds. The van der Waals surface area contributed by atoms with Gasteiger partial charge in [0.15, 0.2) is 6.10 Å². The summed E-state index contributed by atoms with van der Waals surface area (Å²) in [6, 6.07) is 3.35. The number of aromatic amines is 1. The quantitative estimate of drug-likeness (QED) is 0.226. The minimum Gasteiger partial charge on any atom is -0.456 e. The van der Waals surface area contributed by atoms with Gasteiger partial charge in [-0.1, -0.05) is 32.1 Å². The molecule has 0 radical (unpaired) electrons. The first-order valence-corrected chi connectivity index (χ1v) is 15.4. The van der Waals surface area contributed by atoms with Gasteiger partial charge in [0.2, 0.25) is 0 Å². The van der Waals surface area contributed by atoms with Crippen LogP contribution in [0.4, 0.5) is 4.79 Å². The summed E-state index contributed by atoms with van der Waals surface area (Å²) in [6.45, 7) is 12.5. The fraction of sp³-hybridized carbons (Fsp3) is 0.667. The Morgan fingerprint density at radius 2 is 1.82 bits per heavy atom. The molecule has 44 heavy (non-hydrogen) atoms. The van der Waals surface area contributed by atoms with Gasteiger partial charge in [0, 0.05) is 37.0 Å². The van der Waals surface area contributed by atoms with Crippen LogP contribution in [0.25, 0.3) is 0 Å². The number of carbonyl (C=O) groups is 3. The van der Waals surface area contributed by atoms with Gasteiger partial charge in [-0.25, -0.2) is 14.4 Å². The number of fused-ring (bicyclic) bond motifs is 1. The Hall–Kier alpha value is -3.15. The van der Waals surface area contributed by atoms with Crippen LogP contribution in [0.5, 0.6) is 0 Å². The van der Waals surface area contributed by atoms with Gasteiger partial charge >= 0.3 is 18.1 Å². The van der Waals surface area contributed by atoms with Crippen LogP contribution in [0.2, 0.25) is 0 Å². The van der Waals surface area contributed by atoms with Crippen molar-refractivity contribution in [3.63, 3.8) is 0 Å². The molecule has 1 fully saturated rings. The van der Waals surface area contributed by atoms with Gasteiger partial charge in [-0.2, -0.15) is 0 Å². The first-order chi connectivity index (χ1) is 20.8. The summed E-state index contributed by atoms with van der Waals surface area (Å²) < 4.78 is 35.3. The molecular formula is C33H47NO10. The molecule has 2 bridgehead atoms. The van der Waals surface area contributed by atoms with E-state index in [1.807, 2.05) is 26.8 Å². The summed E-state index contributed by atoms with van der Waals surface area (Å²) in [5, 5.41) is 10.6. The average molecular weight is 618 g/mol. The Balaban J connectivity index is 1.69. The minimum absolute atomic E-state index is 0.118. The van der Waals surface area contributed by atoms with Crippen molar-refractivity contribution in [3.8, 4) is 0 Å². The fourth-order valence-electron chi connectivity index (χ4n) is 6.64. The topological polar surface area (TPSA) is 143 Å². The second kappa shape index (κ2) is 13.9. The monoisotopic (exact) mass is 617 g/mol. The van der Waals surface area contributed by atoms with Gasteiger partial charge in [0.25, 0.3) is 0 Å². The molecule has 4 rings (SSSR count). The van der Waals surface area contributed by atoms with Crippen molar-refractivity contribution in [3.05, 3.63) is 47.8 Å². The van der Waals surface area contributed by atoms with E-state index in [1.165, 1.54) is 7.11 Å². The van der Waals surface area contributed by atoms with Gasteiger partial charge in [-0.15, -0.1) is 0 Å². The number of aliphatic hydroxyl groups is 1. The van der Waals surface area contributed by atoms with Gasteiger partial charge in [0.05, 0.1) is 17.8 Å². The van der Waals surface area contributed by atoms with Crippen molar-refractivity contribution in [1.29, 1.82) is 0 Å². The van der Waals surface area contributed by atoms with E-state index in [2.05, 4.69) is 17.1 Å². The molecule has 11 nitrogen and oxygen atoms in total. The number of carbonyl (C=O) groups excluding carboxylic acids is 3. The lowest BCUT2D eigenvalue weighted by molar-refractivity contribution is -0.173. The standard InChI is InChI=1S/C33H47NO10/c1-17(2)40-32(38)41-22(7)27-18(3)14-19(4)33-16-23(11-12-24(33)15-26(39-8)31(37)42-27)29(44-33)28(20(5)21(6)35)43-30(36)25-10-9-13-34-25/h9-14,17-18,20-24,26-29,34-35H,15-16H2,1-8H3/b19-14+/t18-,20-,21+,22-,23-,24-,26+,27+,28-,29-,33+/m1/s1. The highest BCUT2D eigenvalue weighted by molar-refractivity contribution is 5.87. The normalized spacial score (nSPS) is 34.0. The number of aliphatic hydroxyl groups excluding tert-OH is 1. The van der Waals surface area contributed by atoms with Crippen LogP contribution in [0.15, 0.2) is 42.1 Å². The molecule has 11 heteroatoms. The minimum atomic E-state index is -0.908. The fourth-order valence-corrected chi connectivity index (χ4v) is 6.64. The number of aromatic nitrogens is 1. The van der Waals surface area contributed by atoms with Crippen molar-refractivity contribution < 1.29 is 47.9 Å². The zero-order valence-corrected chi connectivity index (χ0v) is 26.9. The van der Waals surface area contributed by atoms with Gasteiger partial charge in [-0.05, 0) is 65.2 Å². The van der Waals surface area contributed by atoms with E-state index >= 15 is 0 Å². The first-order valence-electron chi connectivity index (χ1n) is 15.4. The lowest BCUT2D eigenvalue weighted by Gasteiger charge is -2.41. The third kappa shape index (κ3) is 7.05. The molecule has 0 aromatic carbocycles. The van der Waals surface area contributed by atoms with Crippen LogP contribution in [0.1, 0.15) is 71.8 Å². The van der Waals surface area contributed by atoms with Crippen molar-refractivity contribution in [2.75, 3.05) is 7.11 Å². The van der Waals surface area contributed by atoms with E-state index < -0.39 is 66.2 Å². The van der Waals surface area contributed by atoms with Crippen LogP contribution in [-0.4, -0.2) is 83.6 Å². The van der Waals surface area contributed by atoms with Crippen molar-refractivity contribution in [2.24, 2.45) is 23.7 Å². The molecule has 2 aliphatic heterocycles. The van der Waals surface area contributed by atoms with Crippen molar-refractivity contribution in [1.82, 2.24) is 4.98 Å². The molecule has 1 saturated heterocycles. The van der Waals surface area contributed by atoms with E-state index in [1.54, 1.807) is 46.0 Å². The second-order valence-electron chi connectivity index (χ2n) is 12.7. The number of esters is 2. The molecule has 3 aliphatic rings. The predicted octanol–water partition coefficient (Wildman–Crippen LogP) is 4.75. The smallest absolute Gasteiger partial charge is 0.456 e. The molecule has 0 unspecified atom stereocenters. The van der Waals surface area contributed by atoms with E-state index in [9.17, 15) is 19.5 Å². The lowest BCUT2D eigenvalue weighted by atomic mass is 9.69. The summed E-state index contributed by atoms with van der Waals surface area (Å²) in [4.78, 5) is 41.7. The summed E-state index contributed by atoms with van der Waals surface area (Å²) in [5.41, 5.74) is 0.388. The Morgan fingerprint density at radius 3 is 2.43 bits per heavy atom. The van der Waals surface area contributed by atoms with Crippen LogP contribution >= 0.6 is 0 Å². The van der Waals surface area contributed by atoms with E-state index in [0.29, 0.717) is 12.1 Å². The second-order valence-corrected chi connectivity index (χ2v) is 12.7. The molecule has 3 heterocycles. The molecular weight excluding hydrogens is 570 g/mol. The van der Waals surface area contributed by atoms with Gasteiger partial charge < -0.3 is 38.5 Å². The van der Waals surface area contributed by atoms with E-state index in [4.69, 9.17) is 28.4 Å². The molecule has 1 aromatic rings. The largest absolute Gasteiger partial charge is 0.508 e. The molecule has 1 aliphatic carbocycles. The van der Waals surface area contributed by atoms with Crippen LogP contribution in [-0.2, 0) is 33.2 Å². The summed E-state index contributed by atoms with van der Waals surface area (Å²) in [6.07, 6.45) is 2.80. The number of ether oxygens (including phenoxy) is 6. The molecule has 244 valence electrons. The zero-order chi connectivity index (χ0) is 32.3. The Labute approximate surface area is 259 Å². The maximum absolute atomic E-state index is 13.4. The van der Waals surface area contributed by atoms with Crippen LogP contribution in [0.3, 0.4) is 0 Å². The third-order valence-corrected chi connectivity index (χ3v) is 9.20. The number of rotatable bonds is 9. The number of nitrogens with one attached hydrogen (secondary N) is 1. The molecule has 1 spiro atoms. The average Bonchev–Trinajstić information content (AvgIpc) is 3.60. The van der Waals surface area contributed by atoms with Crippen molar-refractivity contribution >= 4 is 18.1 Å². The number of H-pyrrole nitrogens is 1. The SMILES string of the molecule is CO[C@H]1C[C@H]2C=C[C@@H]3C[C@]2(O[C@H]3[C@H](OC(=O)c2ccc[nH]2)[C@H](C)[C@H](C)O)/C(C)=C/[C@@H](C)[C@@H]([C@@H](C)OC(=O)OC(C)C)OC1=O. The molecule has 1 aromatic heterocycles. The van der Waals surface area contributed by atoms with E-state index in [-0.39, 0.29) is 30.3 Å². The lowest BCUT2D eigenvalue weighted by Crippen LogP contribution is -2.48. The van der Waals surface area contributed by atoms with E-state index in [0.717, 1.165) is 5.57 Å². The number of hydrogen-bond donors (Lipinski definition) is 2. The number of cyclic esters (lactones) is 1. The summed E-state index contributed by atoms with van der Waals surface area (Å²) in [7, 11) is 1.46. The highest BCUT2D eigenvalue weighted by Gasteiger charge is 2.57. The highest BCUT2D eigenvalue weighted by Crippen LogP contribution is 2.53. The van der Waals surface area contributed by atoms with Crippen LogP contribution in [0, 0.1) is 23.7 Å². The van der Waals surface area contributed by atoms with Gasteiger partial charge in [0.1, 0.15) is 30.1 Å². The zero-order valence-electron chi connectivity index (χ0n) is 26.9. The molecule has 2 N–H and O–H groups in total. The summed E-state index contributed by atoms with van der Waals surface area (Å²) >= 11 is 0.